The van der Waals surface area contributed by atoms with Crippen molar-refractivity contribution in [3.05, 3.63) is 35.1 Å². The summed E-state index contributed by atoms with van der Waals surface area (Å²) in [6.45, 7) is 2.21. The summed E-state index contributed by atoms with van der Waals surface area (Å²) >= 11 is 0. The Balaban J connectivity index is 1.85. The molecule has 0 heterocycles. The summed E-state index contributed by atoms with van der Waals surface area (Å²) in [5, 5.41) is 0. The van der Waals surface area contributed by atoms with Crippen LogP contribution in [0.1, 0.15) is 76.2 Å². The first-order chi connectivity index (χ1) is 10.1. The molecule has 0 unspecified atom stereocenters. The van der Waals surface area contributed by atoms with Crippen molar-refractivity contribution in [2.75, 3.05) is 0 Å². The zero-order chi connectivity index (χ0) is 15.2. The van der Waals surface area contributed by atoms with E-state index in [4.69, 9.17) is 0 Å². The van der Waals surface area contributed by atoms with Crippen LogP contribution in [0.3, 0.4) is 0 Å². The Kier molecular flexibility index (Phi) is 6.13. The Hall–Kier alpha value is -0.990. The van der Waals surface area contributed by atoms with E-state index in [1.54, 1.807) is 0 Å². The molecule has 3 heteroatoms. The number of halogens is 3. The Labute approximate surface area is 125 Å². The summed E-state index contributed by atoms with van der Waals surface area (Å²) in [4.78, 5) is 0. The Bertz CT molecular complexity index is 448. The van der Waals surface area contributed by atoms with E-state index in [-0.39, 0.29) is 5.92 Å². The van der Waals surface area contributed by atoms with Crippen LogP contribution in [0.2, 0.25) is 0 Å². The molecule has 21 heavy (non-hydrogen) atoms. The topological polar surface area (TPSA) is 0 Å². The SMILES string of the molecule is CCCCCC[C@H]1CC[C@H](c2ccc(F)c(F)c2F)CC1. The van der Waals surface area contributed by atoms with Crippen molar-refractivity contribution in [2.45, 2.75) is 70.6 Å². The Morgan fingerprint density at radius 1 is 0.905 bits per heavy atom. The highest BCUT2D eigenvalue weighted by Gasteiger charge is 2.26. The number of unbranched alkanes of at least 4 members (excludes halogenated alkanes) is 3. The average molecular weight is 298 g/mol. The second kappa shape index (κ2) is 7.86. The van der Waals surface area contributed by atoms with Crippen LogP contribution in [0.15, 0.2) is 12.1 Å². The third kappa shape index (κ3) is 4.24. The van der Waals surface area contributed by atoms with Gasteiger partial charge in [0, 0.05) is 0 Å². The molecule has 0 radical (unpaired) electrons. The van der Waals surface area contributed by atoms with Crippen molar-refractivity contribution in [3.63, 3.8) is 0 Å². The van der Waals surface area contributed by atoms with Crippen molar-refractivity contribution in [3.8, 4) is 0 Å². The lowest BCUT2D eigenvalue weighted by Gasteiger charge is -2.29. The predicted molar refractivity (Wildman–Crippen MR) is 79.8 cm³/mol. The second-order valence-electron chi connectivity index (χ2n) is 6.33. The fourth-order valence-electron chi connectivity index (χ4n) is 3.48. The van der Waals surface area contributed by atoms with E-state index in [1.807, 2.05) is 0 Å². The van der Waals surface area contributed by atoms with Gasteiger partial charge in [0.2, 0.25) is 0 Å². The van der Waals surface area contributed by atoms with Gasteiger partial charge in [-0.3, -0.25) is 0 Å². The van der Waals surface area contributed by atoms with E-state index in [0.29, 0.717) is 5.56 Å². The first kappa shape index (κ1) is 16.4. The quantitative estimate of drug-likeness (QED) is 0.424. The predicted octanol–water partition coefficient (Wildman–Crippen LogP) is 6.35. The van der Waals surface area contributed by atoms with Crippen LogP contribution in [0.25, 0.3) is 0 Å². The molecule has 1 aromatic carbocycles. The van der Waals surface area contributed by atoms with Crippen molar-refractivity contribution >= 4 is 0 Å². The first-order valence-electron chi connectivity index (χ1n) is 8.26. The lowest BCUT2D eigenvalue weighted by molar-refractivity contribution is 0.296. The zero-order valence-corrected chi connectivity index (χ0v) is 12.8. The van der Waals surface area contributed by atoms with Gasteiger partial charge < -0.3 is 0 Å². The summed E-state index contributed by atoms with van der Waals surface area (Å²) in [6, 6.07) is 2.46. The lowest BCUT2D eigenvalue weighted by atomic mass is 9.77. The number of benzene rings is 1. The molecule has 2 rings (SSSR count). The Morgan fingerprint density at radius 3 is 2.29 bits per heavy atom. The smallest absolute Gasteiger partial charge is 0.194 e. The molecule has 1 aliphatic carbocycles. The van der Waals surface area contributed by atoms with Crippen LogP contribution >= 0.6 is 0 Å². The summed E-state index contributed by atoms with van der Waals surface area (Å²) in [6.07, 6.45) is 10.3. The maximum Gasteiger partial charge on any atom is 0.194 e. The van der Waals surface area contributed by atoms with E-state index in [2.05, 4.69) is 6.92 Å². The van der Waals surface area contributed by atoms with Crippen LogP contribution in [-0.4, -0.2) is 0 Å². The zero-order valence-electron chi connectivity index (χ0n) is 12.8. The largest absolute Gasteiger partial charge is 0.204 e. The minimum absolute atomic E-state index is 0.0481. The van der Waals surface area contributed by atoms with Gasteiger partial charge in [0.25, 0.3) is 0 Å². The minimum Gasteiger partial charge on any atom is -0.204 e. The van der Waals surface area contributed by atoms with E-state index < -0.39 is 17.5 Å². The third-order valence-corrected chi connectivity index (χ3v) is 4.82. The van der Waals surface area contributed by atoms with Gasteiger partial charge in [0.1, 0.15) is 0 Å². The Morgan fingerprint density at radius 2 is 1.62 bits per heavy atom. The van der Waals surface area contributed by atoms with Gasteiger partial charge in [0.15, 0.2) is 17.5 Å². The monoisotopic (exact) mass is 298 g/mol. The normalized spacial score (nSPS) is 22.5. The molecule has 1 aromatic rings. The van der Waals surface area contributed by atoms with Gasteiger partial charge >= 0.3 is 0 Å². The van der Waals surface area contributed by atoms with Crippen molar-refractivity contribution in [1.29, 1.82) is 0 Å². The first-order valence-corrected chi connectivity index (χ1v) is 8.26. The van der Waals surface area contributed by atoms with Crippen LogP contribution in [0.4, 0.5) is 13.2 Å². The fraction of sp³-hybridized carbons (Fsp3) is 0.667. The van der Waals surface area contributed by atoms with Crippen molar-refractivity contribution < 1.29 is 13.2 Å². The molecule has 1 aliphatic rings. The molecule has 0 aromatic heterocycles. The summed E-state index contributed by atoms with van der Waals surface area (Å²) in [5.74, 6) is -2.63. The molecule has 1 saturated carbocycles. The van der Waals surface area contributed by atoms with Gasteiger partial charge in [-0.1, -0.05) is 45.1 Å². The van der Waals surface area contributed by atoms with Crippen molar-refractivity contribution in [2.24, 2.45) is 5.92 Å². The van der Waals surface area contributed by atoms with Gasteiger partial charge in [-0.2, -0.15) is 0 Å². The second-order valence-corrected chi connectivity index (χ2v) is 6.33. The highest BCUT2D eigenvalue weighted by molar-refractivity contribution is 5.24. The van der Waals surface area contributed by atoms with E-state index in [9.17, 15) is 13.2 Å². The minimum atomic E-state index is -1.32. The molecule has 118 valence electrons. The standard InChI is InChI=1S/C18H25F3/c1-2-3-4-5-6-13-7-9-14(10-8-13)15-11-12-16(19)18(21)17(15)20/h11-14H,2-10H2,1H3/t13-,14-. The molecular formula is C18H25F3. The molecule has 0 spiro atoms. The van der Waals surface area contributed by atoms with E-state index >= 15 is 0 Å². The lowest BCUT2D eigenvalue weighted by Crippen LogP contribution is -2.15. The molecule has 0 aliphatic heterocycles. The molecule has 0 atom stereocenters. The van der Waals surface area contributed by atoms with Gasteiger partial charge in [-0.15, -0.1) is 0 Å². The highest BCUT2D eigenvalue weighted by atomic mass is 19.2. The van der Waals surface area contributed by atoms with E-state index in [1.165, 1.54) is 38.2 Å². The molecular weight excluding hydrogens is 273 g/mol. The molecule has 0 bridgehead atoms. The van der Waals surface area contributed by atoms with Crippen LogP contribution in [0.5, 0.6) is 0 Å². The fourth-order valence-corrected chi connectivity index (χ4v) is 3.48. The molecule has 0 N–H and O–H groups in total. The number of rotatable bonds is 6. The van der Waals surface area contributed by atoms with Gasteiger partial charge in [-0.05, 0) is 49.1 Å². The maximum absolute atomic E-state index is 13.8. The van der Waals surface area contributed by atoms with Crippen LogP contribution < -0.4 is 0 Å². The average Bonchev–Trinajstić information content (AvgIpc) is 2.50. The van der Waals surface area contributed by atoms with Crippen LogP contribution in [-0.2, 0) is 0 Å². The van der Waals surface area contributed by atoms with Crippen molar-refractivity contribution in [1.82, 2.24) is 0 Å². The number of hydrogen-bond donors (Lipinski definition) is 0. The summed E-state index contributed by atoms with van der Waals surface area (Å²) in [7, 11) is 0. The molecule has 0 amide bonds. The highest BCUT2D eigenvalue weighted by Crippen LogP contribution is 2.39. The third-order valence-electron chi connectivity index (χ3n) is 4.82. The molecule has 1 fully saturated rings. The maximum atomic E-state index is 13.8. The van der Waals surface area contributed by atoms with E-state index in [0.717, 1.165) is 37.7 Å². The number of hydrogen-bond acceptors (Lipinski definition) is 0. The van der Waals surface area contributed by atoms with Crippen LogP contribution in [0, 0.1) is 23.4 Å². The summed E-state index contributed by atoms with van der Waals surface area (Å²) in [5.41, 5.74) is 0.360. The molecule has 0 nitrogen and oxygen atoms in total. The summed E-state index contributed by atoms with van der Waals surface area (Å²) < 4.78 is 40.1. The van der Waals surface area contributed by atoms with Gasteiger partial charge in [-0.25, -0.2) is 13.2 Å². The molecule has 0 saturated heterocycles. The van der Waals surface area contributed by atoms with Gasteiger partial charge in [0.05, 0.1) is 0 Å².